The fourth-order valence-electron chi connectivity index (χ4n) is 5.87. The van der Waals surface area contributed by atoms with Gasteiger partial charge in [-0.1, -0.05) is 6.07 Å². The SMILES string of the molecule is N#Cc1ccc(N2CCC(Sc3cc(F)c(COc4cccc5c4CN([C@H]4CCC(=O)NC4=O)C5=O)c(F)c3)CC2)c(F)c1. The first kappa shape index (κ1) is 29.6. The summed E-state index contributed by atoms with van der Waals surface area (Å²) in [6.45, 7) is 0.818. The molecule has 3 amide bonds. The third-order valence-electron chi connectivity index (χ3n) is 8.19. The third kappa shape index (κ3) is 5.84. The third-order valence-corrected chi connectivity index (χ3v) is 9.50. The molecule has 44 heavy (non-hydrogen) atoms. The number of carbonyl (C=O) groups excluding carboxylic acids is 3. The van der Waals surface area contributed by atoms with E-state index in [-0.39, 0.29) is 53.3 Å². The molecule has 3 aliphatic heterocycles. The fraction of sp³-hybridized carbons (Fsp3) is 0.312. The van der Waals surface area contributed by atoms with Gasteiger partial charge in [-0.05, 0) is 61.7 Å². The minimum atomic E-state index is -0.787. The molecule has 0 bridgehead atoms. The number of ether oxygens (including phenoxy) is 1. The molecule has 0 spiro atoms. The van der Waals surface area contributed by atoms with Gasteiger partial charge in [-0.2, -0.15) is 5.26 Å². The van der Waals surface area contributed by atoms with Gasteiger partial charge in [0.2, 0.25) is 11.8 Å². The Hall–Kier alpha value is -4.50. The number of hydrogen-bond donors (Lipinski definition) is 1. The van der Waals surface area contributed by atoms with Crippen molar-refractivity contribution in [1.82, 2.24) is 10.2 Å². The molecule has 3 aromatic carbocycles. The highest BCUT2D eigenvalue weighted by Crippen LogP contribution is 2.36. The highest BCUT2D eigenvalue weighted by molar-refractivity contribution is 8.00. The predicted molar refractivity (Wildman–Crippen MR) is 155 cm³/mol. The van der Waals surface area contributed by atoms with Gasteiger partial charge in [-0.3, -0.25) is 19.7 Å². The van der Waals surface area contributed by atoms with E-state index in [0.717, 1.165) is 0 Å². The van der Waals surface area contributed by atoms with E-state index in [1.807, 2.05) is 11.0 Å². The summed E-state index contributed by atoms with van der Waals surface area (Å²) in [6.07, 6.45) is 1.72. The van der Waals surface area contributed by atoms with Gasteiger partial charge in [-0.25, -0.2) is 13.2 Å². The van der Waals surface area contributed by atoms with Crippen LogP contribution in [0, 0.1) is 28.8 Å². The first-order chi connectivity index (χ1) is 21.2. The average Bonchev–Trinajstić information content (AvgIpc) is 3.33. The number of benzene rings is 3. The monoisotopic (exact) mass is 620 g/mol. The molecule has 6 rings (SSSR count). The van der Waals surface area contributed by atoms with Crippen LogP contribution in [0.1, 0.15) is 52.7 Å². The molecule has 0 unspecified atom stereocenters. The van der Waals surface area contributed by atoms with Gasteiger partial charge in [0.05, 0.1) is 29.4 Å². The minimum Gasteiger partial charge on any atom is -0.488 e. The number of thioether (sulfide) groups is 1. The summed E-state index contributed by atoms with van der Waals surface area (Å²) in [5.41, 5.74) is 1.31. The molecule has 12 heteroatoms. The van der Waals surface area contributed by atoms with E-state index in [1.165, 1.54) is 34.9 Å². The predicted octanol–water partition coefficient (Wildman–Crippen LogP) is 5.08. The first-order valence-electron chi connectivity index (χ1n) is 14.2. The second-order valence-electron chi connectivity index (χ2n) is 10.9. The summed E-state index contributed by atoms with van der Waals surface area (Å²) in [4.78, 5) is 40.7. The summed E-state index contributed by atoms with van der Waals surface area (Å²) in [6, 6.07) is 12.9. The van der Waals surface area contributed by atoms with Crippen molar-refractivity contribution < 1.29 is 32.3 Å². The van der Waals surface area contributed by atoms with Gasteiger partial charge in [-0.15, -0.1) is 11.8 Å². The second-order valence-corrected chi connectivity index (χ2v) is 12.3. The fourth-order valence-corrected chi connectivity index (χ4v) is 7.04. The molecule has 3 aromatic rings. The van der Waals surface area contributed by atoms with Crippen molar-refractivity contribution in [3.05, 3.63) is 88.2 Å². The average molecular weight is 621 g/mol. The number of imide groups is 1. The van der Waals surface area contributed by atoms with Gasteiger partial charge in [0, 0.05) is 40.8 Å². The molecular formula is C32H27F3N4O4S. The number of rotatable bonds is 7. The van der Waals surface area contributed by atoms with Gasteiger partial charge < -0.3 is 14.5 Å². The van der Waals surface area contributed by atoms with Crippen LogP contribution in [0.3, 0.4) is 0 Å². The minimum absolute atomic E-state index is 0.0772. The zero-order valence-electron chi connectivity index (χ0n) is 23.4. The molecule has 0 radical (unpaired) electrons. The van der Waals surface area contributed by atoms with Crippen molar-refractivity contribution in [3.63, 3.8) is 0 Å². The van der Waals surface area contributed by atoms with Crippen molar-refractivity contribution in [2.45, 2.75) is 55.0 Å². The quantitative estimate of drug-likeness (QED) is 0.368. The van der Waals surface area contributed by atoms with Gasteiger partial charge in [0.25, 0.3) is 5.91 Å². The molecule has 226 valence electrons. The molecule has 3 heterocycles. The number of nitriles is 1. The lowest BCUT2D eigenvalue weighted by Gasteiger charge is -2.33. The summed E-state index contributed by atoms with van der Waals surface area (Å²) >= 11 is 1.37. The zero-order chi connectivity index (χ0) is 31.0. The summed E-state index contributed by atoms with van der Waals surface area (Å²) in [5, 5.41) is 11.3. The first-order valence-corrected chi connectivity index (χ1v) is 15.1. The Bertz CT molecular complexity index is 1680. The van der Waals surface area contributed by atoms with E-state index in [4.69, 9.17) is 10.00 Å². The number of anilines is 1. The Balaban J connectivity index is 1.08. The van der Waals surface area contributed by atoms with Crippen LogP contribution in [0.25, 0.3) is 0 Å². The smallest absolute Gasteiger partial charge is 0.255 e. The summed E-state index contributed by atoms with van der Waals surface area (Å²) in [7, 11) is 0. The van der Waals surface area contributed by atoms with Crippen LogP contribution in [-0.4, -0.2) is 47.0 Å². The molecule has 3 aliphatic rings. The van der Waals surface area contributed by atoms with Crippen molar-refractivity contribution >= 4 is 35.2 Å². The standard InChI is InChI=1S/C32H27F3N4O4S/c33-24-13-20(44-19-8-10-38(11-9-19)27-5-4-18(15-36)12-26(27)35)14-25(34)23(24)17-43-29-3-1-2-21-22(29)16-39(32(21)42)28-6-7-30(40)37-31(28)41/h1-5,12-14,19,28H,6-11,16-17H2,(H,37,40,41)/t28-/m0/s1. The number of nitrogens with zero attached hydrogens (tertiary/aromatic N) is 3. The van der Waals surface area contributed by atoms with Crippen LogP contribution < -0.4 is 15.0 Å². The second kappa shape index (κ2) is 12.2. The molecule has 2 saturated heterocycles. The zero-order valence-corrected chi connectivity index (χ0v) is 24.3. The lowest BCUT2D eigenvalue weighted by Crippen LogP contribution is -2.52. The number of halogens is 3. The molecule has 0 saturated carbocycles. The lowest BCUT2D eigenvalue weighted by molar-refractivity contribution is -0.136. The molecule has 0 aliphatic carbocycles. The van der Waals surface area contributed by atoms with E-state index in [0.29, 0.717) is 47.6 Å². The maximum absolute atomic E-state index is 15.1. The van der Waals surface area contributed by atoms with E-state index in [1.54, 1.807) is 30.3 Å². The highest BCUT2D eigenvalue weighted by atomic mass is 32.2. The number of carbonyl (C=O) groups is 3. The topological polar surface area (TPSA) is 103 Å². The molecule has 8 nitrogen and oxygen atoms in total. The molecular weight excluding hydrogens is 593 g/mol. The number of hydrogen-bond acceptors (Lipinski definition) is 7. The molecule has 1 atom stereocenters. The van der Waals surface area contributed by atoms with E-state index < -0.39 is 36.0 Å². The maximum atomic E-state index is 15.1. The van der Waals surface area contributed by atoms with E-state index >= 15 is 8.78 Å². The van der Waals surface area contributed by atoms with Crippen LogP contribution in [0.15, 0.2) is 53.4 Å². The van der Waals surface area contributed by atoms with Gasteiger partial charge >= 0.3 is 0 Å². The number of amides is 3. The Morgan fingerprint density at radius 1 is 0.977 bits per heavy atom. The lowest BCUT2D eigenvalue weighted by atomic mass is 10.0. The summed E-state index contributed by atoms with van der Waals surface area (Å²) < 4.78 is 50.5. The Labute approximate surface area is 255 Å². The van der Waals surface area contributed by atoms with Gasteiger partial charge in [0.15, 0.2) is 0 Å². The van der Waals surface area contributed by atoms with Crippen LogP contribution >= 0.6 is 11.8 Å². The summed E-state index contributed by atoms with van der Waals surface area (Å²) in [5.74, 6) is -2.94. The van der Waals surface area contributed by atoms with Crippen molar-refractivity contribution in [2.24, 2.45) is 0 Å². The molecule has 0 aromatic heterocycles. The van der Waals surface area contributed by atoms with Crippen molar-refractivity contribution in [3.8, 4) is 11.8 Å². The van der Waals surface area contributed by atoms with Crippen molar-refractivity contribution in [2.75, 3.05) is 18.0 Å². The largest absolute Gasteiger partial charge is 0.488 e. The van der Waals surface area contributed by atoms with Crippen LogP contribution in [0.5, 0.6) is 5.75 Å². The number of piperidine rings is 2. The van der Waals surface area contributed by atoms with E-state index in [2.05, 4.69) is 5.32 Å². The molecule has 2 fully saturated rings. The highest BCUT2D eigenvalue weighted by Gasteiger charge is 2.40. The maximum Gasteiger partial charge on any atom is 0.255 e. The van der Waals surface area contributed by atoms with Crippen molar-refractivity contribution in [1.29, 1.82) is 5.26 Å². The van der Waals surface area contributed by atoms with Crippen LogP contribution in [0.2, 0.25) is 0 Å². The Morgan fingerprint density at radius 2 is 1.73 bits per heavy atom. The van der Waals surface area contributed by atoms with Crippen LogP contribution in [0.4, 0.5) is 18.9 Å². The van der Waals surface area contributed by atoms with Crippen LogP contribution in [-0.2, 0) is 22.7 Å². The normalized spacial score (nSPS) is 18.7. The molecule has 1 N–H and O–H groups in total. The van der Waals surface area contributed by atoms with E-state index in [9.17, 15) is 18.8 Å². The Morgan fingerprint density at radius 3 is 2.41 bits per heavy atom. The number of nitrogens with one attached hydrogen (secondary N) is 1. The van der Waals surface area contributed by atoms with Gasteiger partial charge in [0.1, 0.15) is 35.8 Å². The number of fused-ring (bicyclic) bond motifs is 1. The Kier molecular flexibility index (Phi) is 8.23.